The first-order chi connectivity index (χ1) is 9.50. The van der Waals surface area contributed by atoms with Gasteiger partial charge in [0.1, 0.15) is 17.1 Å². The van der Waals surface area contributed by atoms with Gasteiger partial charge >= 0.3 is 0 Å². The zero-order chi connectivity index (χ0) is 14.7. The Kier molecular flexibility index (Phi) is 4.02. The number of benzene rings is 1. The first-order valence-corrected chi connectivity index (χ1v) is 6.34. The second-order valence-corrected chi connectivity index (χ2v) is 4.70. The minimum Gasteiger partial charge on any atom is -0.299 e. The third-order valence-electron chi connectivity index (χ3n) is 3.24. The van der Waals surface area contributed by atoms with Crippen molar-refractivity contribution < 1.29 is 9.59 Å². The maximum atomic E-state index is 12.2. The van der Waals surface area contributed by atoms with E-state index in [-0.39, 0.29) is 30.1 Å². The second kappa shape index (κ2) is 5.73. The third-order valence-corrected chi connectivity index (χ3v) is 3.24. The molecule has 0 amide bonds. The molecule has 0 N–H and O–H groups in total. The van der Waals surface area contributed by atoms with Gasteiger partial charge in [0.05, 0.1) is 11.3 Å². The van der Waals surface area contributed by atoms with E-state index in [9.17, 15) is 14.4 Å². The van der Waals surface area contributed by atoms with Crippen LogP contribution in [0.15, 0.2) is 29.1 Å². The van der Waals surface area contributed by atoms with Crippen LogP contribution in [0.5, 0.6) is 0 Å². The van der Waals surface area contributed by atoms with Crippen molar-refractivity contribution in [3.05, 3.63) is 34.6 Å². The standard InChI is InChI=1S/C14H15N3O3/c1-9(18)11(10(2)19)7-8-17-14(20)12-5-3-4-6-13(12)15-16-17/h3-6,11H,7-8H2,1-2H3. The zero-order valence-electron chi connectivity index (χ0n) is 11.4. The van der Waals surface area contributed by atoms with Crippen molar-refractivity contribution >= 4 is 22.5 Å². The molecule has 104 valence electrons. The van der Waals surface area contributed by atoms with Gasteiger partial charge in [-0.25, -0.2) is 4.68 Å². The molecule has 0 bridgehead atoms. The highest BCUT2D eigenvalue weighted by Gasteiger charge is 2.19. The molecule has 1 aromatic heterocycles. The van der Waals surface area contributed by atoms with Crippen molar-refractivity contribution in [2.24, 2.45) is 5.92 Å². The molecule has 6 nitrogen and oxygen atoms in total. The average Bonchev–Trinajstić information content (AvgIpc) is 2.41. The molecule has 0 saturated carbocycles. The molecule has 1 heterocycles. The van der Waals surface area contributed by atoms with E-state index in [4.69, 9.17) is 0 Å². The zero-order valence-corrected chi connectivity index (χ0v) is 11.4. The Balaban J connectivity index is 2.26. The number of hydrogen-bond donors (Lipinski definition) is 0. The summed E-state index contributed by atoms with van der Waals surface area (Å²) in [7, 11) is 0. The lowest BCUT2D eigenvalue weighted by atomic mass is 9.97. The predicted molar refractivity (Wildman–Crippen MR) is 73.3 cm³/mol. The van der Waals surface area contributed by atoms with Gasteiger partial charge < -0.3 is 0 Å². The molecule has 0 unspecified atom stereocenters. The van der Waals surface area contributed by atoms with Gasteiger partial charge in [-0.15, -0.1) is 5.10 Å². The molecule has 20 heavy (non-hydrogen) atoms. The van der Waals surface area contributed by atoms with Gasteiger partial charge in [0.2, 0.25) is 0 Å². The van der Waals surface area contributed by atoms with E-state index in [0.29, 0.717) is 10.9 Å². The van der Waals surface area contributed by atoms with Crippen molar-refractivity contribution in [1.29, 1.82) is 0 Å². The largest absolute Gasteiger partial charge is 0.299 e. The van der Waals surface area contributed by atoms with Gasteiger partial charge in [0, 0.05) is 6.54 Å². The first kappa shape index (κ1) is 14.0. The van der Waals surface area contributed by atoms with Gasteiger partial charge in [-0.2, -0.15) is 0 Å². The minimum atomic E-state index is -0.685. The predicted octanol–water partition coefficient (Wildman–Crippen LogP) is 0.976. The van der Waals surface area contributed by atoms with Gasteiger partial charge in [0.25, 0.3) is 5.56 Å². The molecule has 2 rings (SSSR count). The summed E-state index contributed by atoms with van der Waals surface area (Å²) in [5, 5.41) is 8.26. The summed E-state index contributed by atoms with van der Waals surface area (Å²) >= 11 is 0. The van der Waals surface area contributed by atoms with Crippen LogP contribution in [0.3, 0.4) is 0 Å². The average molecular weight is 273 g/mol. The molecule has 6 heteroatoms. The Labute approximate surface area is 115 Å². The summed E-state index contributed by atoms with van der Waals surface area (Å²) in [4.78, 5) is 34.9. The van der Waals surface area contributed by atoms with Crippen LogP contribution in [-0.4, -0.2) is 26.6 Å². The van der Waals surface area contributed by atoms with Gasteiger partial charge in [-0.1, -0.05) is 17.3 Å². The van der Waals surface area contributed by atoms with Crippen molar-refractivity contribution in [2.75, 3.05) is 0 Å². The molecule has 0 fully saturated rings. The molecule has 0 aliphatic carbocycles. The Bertz CT molecular complexity index is 707. The van der Waals surface area contributed by atoms with Crippen LogP contribution in [-0.2, 0) is 16.1 Å². The highest BCUT2D eigenvalue weighted by Crippen LogP contribution is 2.08. The van der Waals surface area contributed by atoms with Crippen LogP contribution >= 0.6 is 0 Å². The van der Waals surface area contributed by atoms with Crippen LogP contribution in [0.25, 0.3) is 10.9 Å². The number of nitrogens with zero attached hydrogens (tertiary/aromatic N) is 3. The molecule has 0 aliphatic heterocycles. The lowest BCUT2D eigenvalue weighted by Gasteiger charge is -2.10. The quantitative estimate of drug-likeness (QED) is 0.758. The van der Waals surface area contributed by atoms with E-state index in [0.717, 1.165) is 0 Å². The number of aromatic nitrogens is 3. The fourth-order valence-electron chi connectivity index (χ4n) is 2.11. The summed E-state index contributed by atoms with van der Waals surface area (Å²) in [5.74, 6) is -1.08. The summed E-state index contributed by atoms with van der Waals surface area (Å²) in [6, 6.07) is 6.92. The molecule has 0 radical (unpaired) electrons. The summed E-state index contributed by atoms with van der Waals surface area (Å²) in [6.45, 7) is 2.95. The number of ketones is 2. The Morgan fingerprint density at radius 3 is 2.50 bits per heavy atom. The van der Waals surface area contributed by atoms with Crippen molar-refractivity contribution in [3.8, 4) is 0 Å². The number of hydrogen-bond acceptors (Lipinski definition) is 5. The van der Waals surface area contributed by atoms with Crippen molar-refractivity contribution in [3.63, 3.8) is 0 Å². The monoisotopic (exact) mass is 273 g/mol. The van der Waals surface area contributed by atoms with Crippen LogP contribution in [0.4, 0.5) is 0 Å². The van der Waals surface area contributed by atoms with Gasteiger partial charge in [0.15, 0.2) is 0 Å². The summed E-state index contributed by atoms with van der Waals surface area (Å²) < 4.78 is 1.20. The number of rotatable bonds is 5. The van der Waals surface area contributed by atoms with E-state index in [2.05, 4.69) is 10.3 Å². The fourth-order valence-corrected chi connectivity index (χ4v) is 2.11. The number of Topliss-reactive ketones (excluding diaryl/α,β-unsaturated/α-hetero) is 2. The number of fused-ring (bicyclic) bond motifs is 1. The molecule has 0 saturated heterocycles. The lowest BCUT2D eigenvalue weighted by Crippen LogP contribution is -2.28. The third kappa shape index (κ3) is 2.79. The number of aryl methyl sites for hydroxylation is 1. The van der Waals surface area contributed by atoms with E-state index < -0.39 is 5.92 Å². The maximum Gasteiger partial charge on any atom is 0.277 e. The van der Waals surface area contributed by atoms with E-state index in [1.165, 1.54) is 18.5 Å². The number of carbonyl (C=O) groups is 2. The topological polar surface area (TPSA) is 81.9 Å². The lowest BCUT2D eigenvalue weighted by molar-refractivity contribution is -0.130. The molecule has 0 spiro atoms. The van der Waals surface area contributed by atoms with E-state index in [1.54, 1.807) is 24.3 Å². The normalized spacial score (nSPS) is 10.9. The highest BCUT2D eigenvalue weighted by molar-refractivity contribution is 6.00. The van der Waals surface area contributed by atoms with E-state index >= 15 is 0 Å². The summed E-state index contributed by atoms with van der Waals surface area (Å²) in [5.41, 5.74) is 0.268. The molecular formula is C14H15N3O3. The van der Waals surface area contributed by atoms with Crippen molar-refractivity contribution in [2.45, 2.75) is 26.8 Å². The SMILES string of the molecule is CC(=O)C(CCn1nnc2ccccc2c1=O)C(C)=O. The van der Waals surface area contributed by atoms with Crippen LogP contribution < -0.4 is 5.56 Å². The molecule has 0 atom stereocenters. The fraction of sp³-hybridized carbons (Fsp3) is 0.357. The van der Waals surface area contributed by atoms with Gasteiger partial charge in [-0.05, 0) is 32.4 Å². The molecular weight excluding hydrogens is 258 g/mol. The molecule has 2 aromatic rings. The van der Waals surface area contributed by atoms with Gasteiger partial charge in [-0.3, -0.25) is 14.4 Å². The Hall–Kier alpha value is -2.37. The number of carbonyl (C=O) groups excluding carboxylic acids is 2. The Morgan fingerprint density at radius 1 is 1.20 bits per heavy atom. The first-order valence-electron chi connectivity index (χ1n) is 6.34. The molecule has 1 aromatic carbocycles. The second-order valence-electron chi connectivity index (χ2n) is 4.70. The molecule has 0 aliphatic rings. The van der Waals surface area contributed by atoms with E-state index in [1.807, 2.05) is 0 Å². The van der Waals surface area contributed by atoms with Crippen LogP contribution in [0.2, 0.25) is 0 Å². The smallest absolute Gasteiger partial charge is 0.277 e. The Morgan fingerprint density at radius 2 is 1.85 bits per heavy atom. The minimum absolute atomic E-state index is 0.195. The van der Waals surface area contributed by atoms with Crippen LogP contribution in [0.1, 0.15) is 20.3 Å². The van der Waals surface area contributed by atoms with Crippen LogP contribution in [0, 0.1) is 5.92 Å². The summed E-state index contributed by atoms with van der Waals surface area (Å²) in [6.07, 6.45) is 0.262. The highest BCUT2D eigenvalue weighted by atomic mass is 16.2. The maximum absolute atomic E-state index is 12.2. The van der Waals surface area contributed by atoms with Crippen molar-refractivity contribution in [1.82, 2.24) is 15.0 Å².